The van der Waals surface area contributed by atoms with Gasteiger partial charge in [-0.1, -0.05) is 87.2 Å². The Labute approximate surface area is 277 Å². The lowest BCUT2D eigenvalue weighted by Gasteiger charge is -2.33. The first kappa shape index (κ1) is 35.7. The van der Waals surface area contributed by atoms with Crippen molar-refractivity contribution in [3.63, 3.8) is 0 Å². The smallest absolute Gasteiger partial charge is 0.339 e. The minimum Gasteiger partial charge on any atom is -0.339 e. The van der Waals surface area contributed by atoms with Crippen LogP contribution in [0.3, 0.4) is 0 Å². The Balaban J connectivity index is 1.55. The molecule has 0 fully saturated rings. The molecule has 1 amide bonds. The summed E-state index contributed by atoms with van der Waals surface area (Å²) in [4.78, 5) is 32.9. The zero-order valence-electron chi connectivity index (χ0n) is 27.8. The van der Waals surface area contributed by atoms with Crippen LogP contribution in [-0.2, 0) is 28.7 Å². The van der Waals surface area contributed by atoms with Crippen molar-refractivity contribution in [1.29, 1.82) is 0 Å². The summed E-state index contributed by atoms with van der Waals surface area (Å²) in [6.07, 6.45) is -0.621. The van der Waals surface area contributed by atoms with Gasteiger partial charge in [-0.2, -0.15) is 13.2 Å². The molecule has 0 heterocycles. The van der Waals surface area contributed by atoms with Crippen LogP contribution >= 0.6 is 0 Å². The van der Waals surface area contributed by atoms with Gasteiger partial charge in [0.05, 0.1) is 5.56 Å². The third kappa shape index (κ3) is 9.91. The largest absolute Gasteiger partial charge is 0.416 e. The van der Waals surface area contributed by atoms with E-state index in [0.29, 0.717) is 31.5 Å². The molecule has 4 rings (SSSR count). The summed E-state index contributed by atoms with van der Waals surface area (Å²) >= 11 is 0. The van der Waals surface area contributed by atoms with Crippen LogP contribution in [0.1, 0.15) is 63.1 Å². The van der Waals surface area contributed by atoms with Crippen molar-refractivity contribution in [3.8, 4) is 11.1 Å². The van der Waals surface area contributed by atoms with Crippen LogP contribution in [0.15, 0.2) is 102 Å². The molecule has 47 heavy (non-hydrogen) atoms. The zero-order chi connectivity index (χ0) is 34.0. The molecule has 0 N–H and O–H groups in total. The second-order valence-corrected chi connectivity index (χ2v) is 12.1. The number of benzene rings is 3. The van der Waals surface area contributed by atoms with E-state index in [1.165, 1.54) is 17.7 Å². The molecule has 3 aromatic rings. The maximum absolute atomic E-state index is 14.2. The molecule has 0 radical (unpaired) electrons. The van der Waals surface area contributed by atoms with Crippen LogP contribution in [0.4, 0.5) is 13.2 Å². The lowest BCUT2D eigenvalue weighted by Crippen LogP contribution is -2.43. The number of likely N-dealkylation sites (N-methyl/N-ethyl adjacent to an activating group) is 1. The van der Waals surface area contributed by atoms with Crippen molar-refractivity contribution in [2.24, 2.45) is 0 Å². The minimum atomic E-state index is -4.38. The molecule has 0 aromatic heterocycles. The lowest BCUT2D eigenvalue weighted by molar-refractivity contribution is -0.137. The molecule has 0 atom stereocenters. The van der Waals surface area contributed by atoms with Crippen molar-refractivity contribution < 1.29 is 22.8 Å². The van der Waals surface area contributed by atoms with Gasteiger partial charge >= 0.3 is 6.18 Å². The van der Waals surface area contributed by atoms with E-state index in [1.807, 2.05) is 52.3 Å². The number of rotatable bonds is 16. The summed E-state index contributed by atoms with van der Waals surface area (Å²) in [6, 6.07) is 22.9. The van der Waals surface area contributed by atoms with Gasteiger partial charge in [-0.25, -0.2) is 0 Å². The predicted octanol–water partition coefficient (Wildman–Crippen LogP) is 8.52. The molecule has 5 nitrogen and oxygen atoms in total. The van der Waals surface area contributed by atoms with Crippen molar-refractivity contribution >= 4 is 11.7 Å². The minimum absolute atomic E-state index is 0.0392. The zero-order valence-corrected chi connectivity index (χ0v) is 27.8. The van der Waals surface area contributed by atoms with Crippen molar-refractivity contribution in [1.82, 2.24) is 14.7 Å². The fourth-order valence-electron chi connectivity index (χ4n) is 6.08. The van der Waals surface area contributed by atoms with Crippen molar-refractivity contribution in [2.45, 2.75) is 65.6 Å². The highest BCUT2D eigenvalue weighted by molar-refractivity contribution is 5.94. The summed E-state index contributed by atoms with van der Waals surface area (Å²) in [7, 11) is 0. The second kappa shape index (κ2) is 16.6. The third-order valence-electron chi connectivity index (χ3n) is 8.97. The van der Waals surface area contributed by atoms with Gasteiger partial charge in [0.1, 0.15) is 6.54 Å². The molecular weight excluding hydrogens is 599 g/mol. The molecule has 1 aliphatic carbocycles. The van der Waals surface area contributed by atoms with E-state index >= 15 is 0 Å². The number of aryl methyl sites for hydroxylation is 1. The Bertz CT molecular complexity index is 1530. The standard InChI is InChI=1S/C39H46F3N3O2/c1-5-43(6-2)25-26-44(27-32-17-19-33(20-18-32)34-21-23-35(24-22-34)39(40,41)42)38(47)28-45(37-14-10-13-36(37)30(4)46)29(3)15-16-31-11-8-7-9-12-31/h7-9,11-12,17-24H,3,5-6,10,13-16,25-28H2,1-2,4H3. The van der Waals surface area contributed by atoms with E-state index in [0.717, 1.165) is 79.1 Å². The van der Waals surface area contributed by atoms with Gasteiger partial charge < -0.3 is 14.7 Å². The van der Waals surface area contributed by atoms with E-state index < -0.39 is 11.7 Å². The van der Waals surface area contributed by atoms with Gasteiger partial charge in [0.2, 0.25) is 5.91 Å². The quantitative estimate of drug-likeness (QED) is 0.157. The van der Waals surface area contributed by atoms with E-state index in [2.05, 4.69) is 37.5 Å². The molecular formula is C39H46F3N3O2. The SMILES string of the molecule is C=C(CCc1ccccc1)N(CC(=O)N(CCN(CC)CC)Cc1ccc(-c2ccc(C(F)(F)F)cc2)cc1)C1=C(C(C)=O)CCC1. The predicted molar refractivity (Wildman–Crippen MR) is 182 cm³/mol. The summed E-state index contributed by atoms with van der Waals surface area (Å²) in [5, 5.41) is 0. The van der Waals surface area contributed by atoms with Crippen LogP contribution in [-0.4, -0.2) is 59.1 Å². The maximum Gasteiger partial charge on any atom is 0.416 e. The number of hydrogen-bond acceptors (Lipinski definition) is 4. The number of Topliss-reactive ketones (excluding diaryl/α,β-unsaturated/α-hetero) is 1. The fraction of sp³-hybridized carbons (Fsp3) is 0.385. The summed E-state index contributed by atoms with van der Waals surface area (Å²) < 4.78 is 39.1. The number of amides is 1. The number of halogens is 3. The van der Waals surface area contributed by atoms with Crippen LogP contribution in [0.2, 0.25) is 0 Å². The number of carbonyl (C=O) groups excluding carboxylic acids is 2. The van der Waals surface area contributed by atoms with Crippen LogP contribution in [0, 0.1) is 0 Å². The van der Waals surface area contributed by atoms with E-state index in [4.69, 9.17) is 0 Å². The molecule has 1 aliphatic rings. The molecule has 0 spiro atoms. The maximum atomic E-state index is 14.2. The number of hydrogen-bond donors (Lipinski definition) is 0. The summed E-state index contributed by atoms with van der Waals surface area (Å²) in [5.74, 6) is -0.00975. The average molecular weight is 646 g/mol. The number of alkyl halides is 3. The Morgan fingerprint density at radius 3 is 2.00 bits per heavy atom. The van der Waals surface area contributed by atoms with Crippen LogP contribution in [0.25, 0.3) is 11.1 Å². The van der Waals surface area contributed by atoms with Gasteiger partial charge in [-0.3, -0.25) is 9.59 Å². The van der Waals surface area contributed by atoms with Gasteiger partial charge in [0, 0.05) is 36.6 Å². The van der Waals surface area contributed by atoms with Gasteiger partial charge in [0.15, 0.2) is 5.78 Å². The van der Waals surface area contributed by atoms with Gasteiger partial charge in [-0.05, 0) is 86.5 Å². The normalized spacial score (nSPS) is 13.3. The van der Waals surface area contributed by atoms with E-state index in [9.17, 15) is 22.8 Å². The highest BCUT2D eigenvalue weighted by atomic mass is 19.4. The van der Waals surface area contributed by atoms with Gasteiger partial charge in [-0.15, -0.1) is 0 Å². The van der Waals surface area contributed by atoms with Crippen molar-refractivity contribution in [3.05, 3.63) is 119 Å². The highest BCUT2D eigenvalue weighted by Gasteiger charge is 2.30. The van der Waals surface area contributed by atoms with Crippen LogP contribution in [0.5, 0.6) is 0 Å². The first-order valence-electron chi connectivity index (χ1n) is 16.5. The first-order chi connectivity index (χ1) is 22.5. The Morgan fingerprint density at radius 1 is 0.809 bits per heavy atom. The number of allylic oxidation sites excluding steroid dienone is 3. The molecule has 3 aromatic carbocycles. The number of nitrogens with zero attached hydrogens (tertiary/aromatic N) is 3. The van der Waals surface area contributed by atoms with E-state index in [-0.39, 0.29) is 18.2 Å². The van der Waals surface area contributed by atoms with Gasteiger partial charge in [0.25, 0.3) is 0 Å². The summed E-state index contributed by atoms with van der Waals surface area (Å²) in [6.45, 7) is 13.7. The topological polar surface area (TPSA) is 43.9 Å². The molecule has 8 heteroatoms. The van der Waals surface area contributed by atoms with Crippen molar-refractivity contribution in [2.75, 3.05) is 32.7 Å². The molecule has 0 saturated carbocycles. The lowest BCUT2D eigenvalue weighted by atomic mass is 10.0. The number of ketones is 1. The summed E-state index contributed by atoms with van der Waals surface area (Å²) in [5.41, 5.74) is 5.44. The van der Waals surface area contributed by atoms with Crippen LogP contribution < -0.4 is 0 Å². The Morgan fingerprint density at radius 2 is 1.43 bits per heavy atom. The third-order valence-corrected chi connectivity index (χ3v) is 8.97. The molecule has 0 bridgehead atoms. The molecule has 250 valence electrons. The fourth-order valence-corrected chi connectivity index (χ4v) is 6.08. The molecule has 0 unspecified atom stereocenters. The Kier molecular flexibility index (Phi) is 12.6. The molecule has 0 aliphatic heterocycles. The Hall–Kier alpha value is -4.17. The first-order valence-corrected chi connectivity index (χ1v) is 16.5. The average Bonchev–Trinajstić information content (AvgIpc) is 3.56. The second-order valence-electron chi connectivity index (χ2n) is 12.1. The molecule has 0 saturated heterocycles. The van der Waals surface area contributed by atoms with E-state index in [1.54, 1.807) is 6.92 Å². The monoisotopic (exact) mass is 645 g/mol. The number of carbonyl (C=O) groups is 2. The highest BCUT2D eigenvalue weighted by Crippen LogP contribution is 2.33.